The van der Waals surface area contributed by atoms with Gasteiger partial charge in [0.05, 0.1) is 29.2 Å². The van der Waals surface area contributed by atoms with E-state index in [1.807, 2.05) is 0 Å². The van der Waals surface area contributed by atoms with Crippen LogP contribution in [-0.2, 0) is 13.0 Å². The number of hydrogen-bond donors (Lipinski definition) is 2. The number of aromatic amines is 2. The Bertz CT molecular complexity index is 963. The summed E-state index contributed by atoms with van der Waals surface area (Å²) >= 11 is 0. The molecule has 25 heavy (non-hydrogen) atoms. The van der Waals surface area contributed by atoms with Crippen LogP contribution in [-0.4, -0.2) is 42.7 Å². The first-order valence-electron chi connectivity index (χ1n) is 7.72. The third-order valence-corrected chi connectivity index (χ3v) is 4.23. The predicted molar refractivity (Wildman–Crippen MR) is 83.5 cm³/mol. The van der Waals surface area contributed by atoms with Gasteiger partial charge in [-0.1, -0.05) is 0 Å². The van der Waals surface area contributed by atoms with Crippen LogP contribution in [0.15, 0.2) is 18.2 Å². The SMILES string of the molecule is Cc1n[nH]nc1C(=O)N1CCc2nc(-c3ccc(F)cc3F)[nH]c2C1. The van der Waals surface area contributed by atoms with Crippen LogP contribution in [0.4, 0.5) is 8.78 Å². The highest BCUT2D eigenvalue weighted by Gasteiger charge is 2.27. The van der Waals surface area contributed by atoms with Crippen molar-refractivity contribution in [3.63, 3.8) is 0 Å². The summed E-state index contributed by atoms with van der Waals surface area (Å²) in [5.74, 6) is -1.22. The second-order valence-electron chi connectivity index (χ2n) is 5.87. The smallest absolute Gasteiger partial charge is 0.276 e. The summed E-state index contributed by atoms with van der Waals surface area (Å²) in [6, 6.07) is 3.35. The Kier molecular flexibility index (Phi) is 3.56. The van der Waals surface area contributed by atoms with E-state index in [1.54, 1.807) is 11.8 Å². The van der Waals surface area contributed by atoms with Crippen LogP contribution in [0.25, 0.3) is 11.4 Å². The molecule has 0 radical (unpaired) electrons. The van der Waals surface area contributed by atoms with Crippen LogP contribution in [0.2, 0.25) is 0 Å². The Morgan fingerprint density at radius 2 is 2.12 bits per heavy atom. The van der Waals surface area contributed by atoms with Gasteiger partial charge in [0.25, 0.3) is 5.91 Å². The lowest BCUT2D eigenvalue weighted by atomic mass is 10.1. The summed E-state index contributed by atoms with van der Waals surface area (Å²) < 4.78 is 27.0. The van der Waals surface area contributed by atoms with Crippen LogP contribution in [0.1, 0.15) is 27.6 Å². The number of hydrogen-bond acceptors (Lipinski definition) is 4. The molecule has 4 rings (SSSR count). The second-order valence-corrected chi connectivity index (χ2v) is 5.87. The fourth-order valence-electron chi connectivity index (χ4n) is 2.91. The molecule has 0 aliphatic carbocycles. The molecule has 9 heteroatoms. The summed E-state index contributed by atoms with van der Waals surface area (Å²) in [6.07, 6.45) is 0.539. The highest BCUT2D eigenvalue weighted by Crippen LogP contribution is 2.25. The van der Waals surface area contributed by atoms with E-state index in [1.165, 1.54) is 12.1 Å². The standard InChI is InChI=1S/C16H14F2N6O/c1-8-14(22-23-21-8)16(25)24-5-4-12-13(7-24)20-15(19-12)10-3-2-9(17)6-11(10)18/h2-3,6H,4-5,7H2,1H3,(H,19,20)(H,21,22,23). The average molecular weight is 344 g/mol. The summed E-state index contributed by atoms with van der Waals surface area (Å²) in [4.78, 5) is 21.6. The van der Waals surface area contributed by atoms with Crippen molar-refractivity contribution >= 4 is 5.91 Å². The molecule has 2 N–H and O–H groups in total. The summed E-state index contributed by atoms with van der Waals surface area (Å²) in [7, 11) is 0. The summed E-state index contributed by atoms with van der Waals surface area (Å²) in [5, 5.41) is 10.2. The van der Waals surface area contributed by atoms with Crippen molar-refractivity contribution in [2.24, 2.45) is 0 Å². The molecule has 3 aromatic rings. The normalized spacial score (nSPS) is 13.8. The lowest BCUT2D eigenvalue weighted by molar-refractivity contribution is 0.0725. The minimum absolute atomic E-state index is 0.195. The van der Waals surface area contributed by atoms with E-state index < -0.39 is 11.6 Å². The molecule has 0 spiro atoms. The number of amides is 1. The van der Waals surface area contributed by atoms with E-state index in [0.717, 1.165) is 17.5 Å². The number of H-pyrrole nitrogens is 2. The quantitative estimate of drug-likeness (QED) is 0.744. The van der Waals surface area contributed by atoms with Gasteiger partial charge in [0.15, 0.2) is 5.69 Å². The Hall–Kier alpha value is -3.10. The topological polar surface area (TPSA) is 90.6 Å². The highest BCUT2D eigenvalue weighted by molar-refractivity contribution is 5.93. The number of carbonyl (C=O) groups excluding carboxylic acids is 1. The van der Waals surface area contributed by atoms with Crippen LogP contribution in [0, 0.1) is 18.6 Å². The zero-order chi connectivity index (χ0) is 17.6. The number of aromatic nitrogens is 5. The third-order valence-electron chi connectivity index (χ3n) is 4.23. The Labute approximate surface area is 141 Å². The molecular formula is C16H14F2N6O. The van der Waals surface area contributed by atoms with Gasteiger partial charge in [-0.05, 0) is 19.1 Å². The summed E-state index contributed by atoms with van der Waals surface area (Å²) in [5.41, 5.74) is 2.53. The molecule has 3 heterocycles. The number of carbonyl (C=O) groups is 1. The van der Waals surface area contributed by atoms with Gasteiger partial charge in [0.2, 0.25) is 0 Å². The number of benzene rings is 1. The van der Waals surface area contributed by atoms with E-state index in [9.17, 15) is 13.6 Å². The number of halogens is 2. The minimum Gasteiger partial charge on any atom is -0.340 e. The molecule has 2 aromatic heterocycles. The number of rotatable bonds is 2. The highest BCUT2D eigenvalue weighted by atomic mass is 19.1. The number of imidazole rings is 1. The van der Waals surface area contributed by atoms with Crippen LogP contribution >= 0.6 is 0 Å². The molecule has 1 amide bonds. The maximum Gasteiger partial charge on any atom is 0.276 e. The van der Waals surface area contributed by atoms with Gasteiger partial charge in [-0.25, -0.2) is 13.8 Å². The van der Waals surface area contributed by atoms with E-state index in [0.29, 0.717) is 31.0 Å². The molecule has 0 saturated carbocycles. The summed E-state index contributed by atoms with van der Waals surface area (Å²) in [6.45, 7) is 2.50. The van der Waals surface area contributed by atoms with Crippen molar-refractivity contribution in [2.45, 2.75) is 19.9 Å². The maximum absolute atomic E-state index is 14.0. The molecular weight excluding hydrogens is 330 g/mol. The van der Waals surface area contributed by atoms with Crippen LogP contribution in [0.5, 0.6) is 0 Å². The molecule has 128 valence electrons. The van der Waals surface area contributed by atoms with E-state index in [4.69, 9.17) is 0 Å². The number of nitrogens with one attached hydrogen (secondary N) is 2. The van der Waals surface area contributed by atoms with E-state index in [-0.39, 0.29) is 17.2 Å². The Morgan fingerprint density at radius 1 is 1.28 bits per heavy atom. The molecule has 1 aliphatic rings. The number of nitrogens with zero attached hydrogens (tertiary/aromatic N) is 4. The first kappa shape index (κ1) is 15.4. The lowest BCUT2D eigenvalue weighted by Gasteiger charge is -2.25. The van der Waals surface area contributed by atoms with Crippen molar-refractivity contribution in [1.82, 2.24) is 30.3 Å². The maximum atomic E-state index is 14.0. The first-order chi connectivity index (χ1) is 12.0. The zero-order valence-corrected chi connectivity index (χ0v) is 13.3. The second kappa shape index (κ2) is 5.76. The van der Waals surface area contributed by atoms with Crippen LogP contribution < -0.4 is 0 Å². The minimum atomic E-state index is -0.683. The van der Waals surface area contributed by atoms with Gasteiger partial charge in [-0.3, -0.25) is 4.79 Å². The van der Waals surface area contributed by atoms with Gasteiger partial charge < -0.3 is 9.88 Å². The fourth-order valence-corrected chi connectivity index (χ4v) is 2.91. The molecule has 0 unspecified atom stereocenters. The molecule has 0 saturated heterocycles. The molecule has 7 nitrogen and oxygen atoms in total. The predicted octanol–water partition coefficient (Wildman–Crippen LogP) is 1.98. The van der Waals surface area contributed by atoms with E-state index in [2.05, 4.69) is 25.4 Å². The molecule has 1 aromatic carbocycles. The van der Waals surface area contributed by atoms with Gasteiger partial charge in [-0.2, -0.15) is 15.4 Å². The van der Waals surface area contributed by atoms with E-state index >= 15 is 0 Å². The Morgan fingerprint density at radius 3 is 2.84 bits per heavy atom. The van der Waals surface area contributed by atoms with Crippen molar-refractivity contribution in [3.05, 3.63) is 52.6 Å². The van der Waals surface area contributed by atoms with Crippen molar-refractivity contribution in [1.29, 1.82) is 0 Å². The van der Waals surface area contributed by atoms with Gasteiger partial charge >= 0.3 is 0 Å². The van der Waals surface area contributed by atoms with Gasteiger partial charge in [0.1, 0.15) is 17.5 Å². The molecule has 0 fully saturated rings. The van der Waals surface area contributed by atoms with Gasteiger partial charge in [0, 0.05) is 19.0 Å². The molecule has 1 aliphatic heterocycles. The number of fused-ring (bicyclic) bond motifs is 1. The van der Waals surface area contributed by atoms with Crippen molar-refractivity contribution in [2.75, 3.05) is 6.54 Å². The van der Waals surface area contributed by atoms with Crippen LogP contribution in [0.3, 0.4) is 0 Å². The third kappa shape index (κ3) is 2.67. The largest absolute Gasteiger partial charge is 0.340 e. The fraction of sp³-hybridized carbons (Fsp3) is 0.250. The lowest BCUT2D eigenvalue weighted by Crippen LogP contribution is -2.36. The first-order valence-corrected chi connectivity index (χ1v) is 7.72. The average Bonchev–Trinajstić information content (AvgIpc) is 3.19. The molecule has 0 atom stereocenters. The Balaban J connectivity index is 1.61. The van der Waals surface area contributed by atoms with Crippen molar-refractivity contribution in [3.8, 4) is 11.4 Å². The van der Waals surface area contributed by atoms with Crippen molar-refractivity contribution < 1.29 is 13.6 Å². The zero-order valence-electron chi connectivity index (χ0n) is 13.3. The molecule has 0 bridgehead atoms. The van der Waals surface area contributed by atoms with Gasteiger partial charge in [-0.15, -0.1) is 0 Å². The monoisotopic (exact) mass is 344 g/mol. The number of aryl methyl sites for hydroxylation is 1.